The first-order valence-electron chi connectivity index (χ1n) is 7.41. The van der Waals surface area contributed by atoms with Crippen LogP contribution in [-0.4, -0.2) is 4.32 Å². The van der Waals surface area contributed by atoms with Gasteiger partial charge in [-0.25, -0.2) is 0 Å². The molecule has 0 N–H and O–H groups in total. The van der Waals surface area contributed by atoms with Crippen molar-refractivity contribution in [1.29, 1.82) is 0 Å². The largest absolute Gasteiger partial charge is 0.0847 e. The van der Waals surface area contributed by atoms with Crippen LogP contribution in [0.4, 0.5) is 0 Å². The van der Waals surface area contributed by atoms with Crippen LogP contribution in [0.25, 0.3) is 0 Å². The Bertz CT molecular complexity index is 204. The molecule has 0 saturated heterocycles. The summed E-state index contributed by atoms with van der Waals surface area (Å²) < 4.78 is 0.509. The molecule has 0 aliphatic heterocycles. The van der Waals surface area contributed by atoms with Gasteiger partial charge in [-0.2, -0.15) is 0 Å². The quantitative estimate of drug-likeness (QED) is 0.572. The molecule has 0 nitrogen and oxygen atoms in total. The lowest BCUT2D eigenvalue weighted by atomic mass is 9.59. The smallest absolute Gasteiger partial charge is 0.0314 e. The molecule has 0 amide bonds. The van der Waals surface area contributed by atoms with Gasteiger partial charge in [-0.05, 0) is 37.5 Å². The third kappa shape index (κ3) is 2.35. The van der Waals surface area contributed by atoms with Crippen LogP contribution >= 0.6 is 15.9 Å². The van der Waals surface area contributed by atoms with Crippen molar-refractivity contribution >= 4 is 15.9 Å². The van der Waals surface area contributed by atoms with Crippen LogP contribution in [-0.2, 0) is 0 Å². The molecule has 2 rings (SSSR count). The van der Waals surface area contributed by atoms with Crippen LogP contribution in [0, 0.1) is 5.41 Å². The van der Waals surface area contributed by atoms with Crippen LogP contribution in [0.2, 0.25) is 0 Å². The predicted molar refractivity (Wildman–Crippen MR) is 75.2 cm³/mol. The molecule has 2 aliphatic rings. The zero-order chi connectivity index (χ0) is 11.5. The van der Waals surface area contributed by atoms with E-state index in [-0.39, 0.29) is 0 Å². The molecule has 2 aliphatic carbocycles. The summed E-state index contributed by atoms with van der Waals surface area (Å²) in [6, 6.07) is 0. The summed E-state index contributed by atoms with van der Waals surface area (Å²) in [6.07, 6.45) is 17.5. The van der Waals surface area contributed by atoms with Crippen molar-refractivity contribution in [2.75, 3.05) is 0 Å². The normalized spacial score (nSPS) is 28.9. The van der Waals surface area contributed by atoms with E-state index < -0.39 is 0 Å². The van der Waals surface area contributed by atoms with Crippen LogP contribution in [0.15, 0.2) is 0 Å². The summed E-state index contributed by atoms with van der Waals surface area (Å²) in [5.41, 5.74) is 0.653. The fraction of sp³-hybridized carbons (Fsp3) is 1.00. The summed E-state index contributed by atoms with van der Waals surface area (Å²) in [7, 11) is 0. The first-order chi connectivity index (χ1) is 7.72. The van der Waals surface area contributed by atoms with Crippen molar-refractivity contribution in [2.45, 2.75) is 88.3 Å². The summed E-state index contributed by atoms with van der Waals surface area (Å²) in [6.45, 7) is 2.37. The number of halogens is 1. The minimum Gasteiger partial charge on any atom is -0.0847 e. The van der Waals surface area contributed by atoms with E-state index >= 15 is 0 Å². The predicted octanol–water partition coefficient (Wildman–Crippen LogP) is 5.83. The maximum atomic E-state index is 4.22. The highest BCUT2D eigenvalue weighted by molar-refractivity contribution is 9.10. The lowest BCUT2D eigenvalue weighted by molar-refractivity contribution is 0.0873. The second kappa shape index (κ2) is 5.42. The van der Waals surface area contributed by atoms with Crippen LogP contribution < -0.4 is 0 Å². The van der Waals surface area contributed by atoms with Gasteiger partial charge in [0, 0.05) is 4.32 Å². The number of hydrogen-bond donors (Lipinski definition) is 0. The Labute approximate surface area is 110 Å². The van der Waals surface area contributed by atoms with E-state index in [0.717, 1.165) is 0 Å². The fourth-order valence-corrected chi connectivity index (χ4v) is 5.43. The maximum Gasteiger partial charge on any atom is 0.0314 e. The van der Waals surface area contributed by atoms with E-state index in [1.807, 2.05) is 0 Å². The Hall–Kier alpha value is 0.480. The summed E-state index contributed by atoms with van der Waals surface area (Å²) >= 11 is 4.22. The molecule has 2 fully saturated rings. The molecule has 1 heteroatoms. The molecule has 0 unspecified atom stereocenters. The van der Waals surface area contributed by atoms with E-state index in [9.17, 15) is 0 Å². The highest BCUT2D eigenvalue weighted by atomic mass is 79.9. The molecule has 0 aromatic carbocycles. The minimum atomic E-state index is 0.509. The van der Waals surface area contributed by atoms with Gasteiger partial charge in [-0.15, -0.1) is 0 Å². The van der Waals surface area contributed by atoms with Crippen LogP contribution in [0.3, 0.4) is 0 Å². The Morgan fingerprint density at radius 2 is 1.31 bits per heavy atom. The van der Waals surface area contributed by atoms with Gasteiger partial charge in [0.05, 0.1) is 0 Å². The second-order valence-electron chi connectivity index (χ2n) is 6.12. The van der Waals surface area contributed by atoms with E-state index in [1.54, 1.807) is 0 Å². The molecule has 16 heavy (non-hydrogen) atoms. The van der Waals surface area contributed by atoms with Crippen molar-refractivity contribution in [3.63, 3.8) is 0 Å². The van der Waals surface area contributed by atoms with Gasteiger partial charge in [0.15, 0.2) is 0 Å². The second-order valence-corrected chi connectivity index (χ2v) is 7.63. The molecular weight excluding hydrogens is 260 g/mol. The van der Waals surface area contributed by atoms with Crippen molar-refractivity contribution in [2.24, 2.45) is 5.41 Å². The minimum absolute atomic E-state index is 0.509. The van der Waals surface area contributed by atoms with E-state index in [4.69, 9.17) is 0 Å². The Morgan fingerprint density at radius 3 is 1.81 bits per heavy atom. The highest BCUT2D eigenvalue weighted by Crippen LogP contribution is 2.57. The first-order valence-corrected chi connectivity index (χ1v) is 8.21. The number of alkyl halides is 1. The fourth-order valence-electron chi connectivity index (χ4n) is 4.27. The van der Waals surface area contributed by atoms with Crippen molar-refractivity contribution < 1.29 is 0 Å². The van der Waals surface area contributed by atoms with Gasteiger partial charge in [0.1, 0.15) is 0 Å². The molecule has 0 aromatic rings. The standard InChI is InChI=1S/C15H27Br/c1-2-9-14(10-5-3-6-11-14)15(16)12-7-4-8-13-15/h2-13H2,1H3. The summed E-state index contributed by atoms with van der Waals surface area (Å²) in [4.78, 5) is 0. The molecular formula is C15H27Br. The van der Waals surface area contributed by atoms with Crippen molar-refractivity contribution in [3.05, 3.63) is 0 Å². The Morgan fingerprint density at radius 1 is 0.812 bits per heavy atom. The molecule has 0 spiro atoms. The van der Waals surface area contributed by atoms with Crippen molar-refractivity contribution in [1.82, 2.24) is 0 Å². The highest BCUT2D eigenvalue weighted by Gasteiger charge is 2.49. The van der Waals surface area contributed by atoms with Crippen molar-refractivity contribution in [3.8, 4) is 0 Å². The van der Waals surface area contributed by atoms with E-state index in [0.29, 0.717) is 9.74 Å². The topological polar surface area (TPSA) is 0 Å². The third-order valence-electron chi connectivity index (χ3n) is 5.14. The Kier molecular flexibility index (Phi) is 4.38. The molecule has 0 bridgehead atoms. The van der Waals surface area contributed by atoms with Gasteiger partial charge < -0.3 is 0 Å². The zero-order valence-electron chi connectivity index (χ0n) is 10.9. The molecule has 94 valence electrons. The monoisotopic (exact) mass is 286 g/mol. The van der Waals surface area contributed by atoms with Gasteiger partial charge in [0.25, 0.3) is 0 Å². The lowest BCUT2D eigenvalue weighted by Crippen LogP contribution is -2.46. The molecule has 0 radical (unpaired) electrons. The first kappa shape index (κ1) is 12.9. The van der Waals surface area contributed by atoms with Gasteiger partial charge in [-0.1, -0.05) is 67.8 Å². The summed E-state index contributed by atoms with van der Waals surface area (Å²) in [5, 5.41) is 0. The van der Waals surface area contributed by atoms with Crippen LogP contribution in [0.1, 0.15) is 84.0 Å². The summed E-state index contributed by atoms with van der Waals surface area (Å²) in [5.74, 6) is 0. The number of rotatable bonds is 3. The molecule has 2 saturated carbocycles. The van der Waals surface area contributed by atoms with Gasteiger partial charge in [-0.3, -0.25) is 0 Å². The maximum absolute atomic E-state index is 4.22. The lowest BCUT2D eigenvalue weighted by Gasteiger charge is -2.52. The van der Waals surface area contributed by atoms with E-state index in [2.05, 4.69) is 22.9 Å². The zero-order valence-corrected chi connectivity index (χ0v) is 12.4. The van der Waals surface area contributed by atoms with Gasteiger partial charge >= 0.3 is 0 Å². The molecule has 0 atom stereocenters. The average molecular weight is 287 g/mol. The van der Waals surface area contributed by atoms with Crippen LogP contribution in [0.5, 0.6) is 0 Å². The third-order valence-corrected chi connectivity index (χ3v) is 6.77. The Balaban J connectivity index is 2.15. The van der Waals surface area contributed by atoms with E-state index in [1.165, 1.54) is 77.0 Å². The molecule has 0 heterocycles. The van der Waals surface area contributed by atoms with Gasteiger partial charge in [0.2, 0.25) is 0 Å². The average Bonchev–Trinajstić information content (AvgIpc) is 2.31. The molecule has 0 aromatic heterocycles. The number of hydrogen-bond acceptors (Lipinski definition) is 0. The SMILES string of the molecule is CCCC1(C2(Br)CCCCC2)CCCCC1.